The first kappa shape index (κ1) is 31.0. The summed E-state index contributed by atoms with van der Waals surface area (Å²) < 4.78 is 63.5. The number of hydrogen-bond acceptors (Lipinski definition) is 7. The van der Waals surface area contributed by atoms with Crippen LogP contribution in [0.1, 0.15) is 36.3 Å². The molecule has 2 N–H and O–H groups in total. The zero-order valence-corrected chi connectivity index (χ0v) is 21.2. The zero-order valence-electron chi connectivity index (χ0n) is 19.6. The van der Waals surface area contributed by atoms with Gasteiger partial charge in [0.1, 0.15) is 5.01 Å². The number of piperidine rings is 2. The molecule has 208 valence electrons. The first-order valence-electron chi connectivity index (χ1n) is 11.1. The van der Waals surface area contributed by atoms with E-state index in [4.69, 9.17) is 19.8 Å². The molecule has 0 unspecified atom stereocenters. The molecular weight excluding hydrogens is 548 g/mol. The molecule has 2 aliphatic rings. The molecule has 4 rings (SSSR count). The maximum atomic E-state index is 10.6. The maximum Gasteiger partial charge on any atom is 0.490 e. The first-order valence-corrected chi connectivity index (χ1v) is 13.0. The Morgan fingerprint density at radius 2 is 1.32 bits per heavy atom. The fourth-order valence-corrected chi connectivity index (χ4v) is 5.35. The fourth-order valence-electron chi connectivity index (χ4n) is 4.03. The predicted molar refractivity (Wildman–Crippen MR) is 125 cm³/mol. The molecule has 0 bridgehead atoms. The summed E-state index contributed by atoms with van der Waals surface area (Å²) in [6.45, 7) is 7.27. The van der Waals surface area contributed by atoms with Crippen molar-refractivity contribution in [2.24, 2.45) is 5.41 Å². The number of carboxylic acid groups (broad SMARTS) is 2. The number of carboxylic acids is 2. The second-order valence-corrected chi connectivity index (χ2v) is 10.5. The highest BCUT2D eigenvalue weighted by Crippen LogP contribution is 2.41. The monoisotopic (exact) mass is 575 g/mol. The first-order chi connectivity index (χ1) is 17.2. The van der Waals surface area contributed by atoms with E-state index < -0.39 is 24.3 Å². The van der Waals surface area contributed by atoms with Gasteiger partial charge in [0.05, 0.1) is 6.54 Å². The van der Waals surface area contributed by atoms with Gasteiger partial charge in [0.25, 0.3) is 0 Å². The molecule has 0 aromatic carbocycles. The van der Waals surface area contributed by atoms with E-state index in [9.17, 15) is 26.3 Å². The van der Waals surface area contributed by atoms with Crippen molar-refractivity contribution in [3.63, 3.8) is 0 Å². The lowest BCUT2D eigenvalue weighted by Gasteiger charge is -2.46. The Labute approximate surface area is 217 Å². The lowest BCUT2D eigenvalue weighted by Crippen LogP contribution is -2.46. The molecule has 1 spiro atoms. The van der Waals surface area contributed by atoms with E-state index in [1.165, 1.54) is 62.4 Å². The van der Waals surface area contributed by atoms with Crippen LogP contribution in [-0.2, 0) is 22.7 Å². The Bertz CT molecular complexity index is 870. The van der Waals surface area contributed by atoms with Gasteiger partial charge in [0.2, 0.25) is 0 Å². The van der Waals surface area contributed by atoms with Crippen LogP contribution in [0.4, 0.5) is 26.3 Å². The lowest BCUT2D eigenvalue weighted by atomic mass is 9.71. The van der Waals surface area contributed by atoms with E-state index in [0.717, 1.165) is 13.1 Å². The van der Waals surface area contributed by atoms with Crippen LogP contribution < -0.4 is 0 Å². The Morgan fingerprint density at radius 1 is 0.865 bits per heavy atom. The number of likely N-dealkylation sites (tertiary alicyclic amines) is 2. The quantitative estimate of drug-likeness (QED) is 0.475. The predicted octanol–water partition coefficient (Wildman–Crippen LogP) is 5.35. The molecule has 2 aromatic heterocycles. The van der Waals surface area contributed by atoms with Crippen LogP contribution in [0, 0.1) is 5.41 Å². The van der Waals surface area contributed by atoms with Crippen molar-refractivity contribution in [3.8, 4) is 0 Å². The van der Waals surface area contributed by atoms with Gasteiger partial charge < -0.3 is 10.2 Å². The normalized spacial score (nSPS) is 18.3. The molecule has 15 heteroatoms. The van der Waals surface area contributed by atoms with Crippen LogP contribution in [0.2, 0.25) is 0 Å². The van der Waals surface area contributed by atoms with E-state index in [1.807, 2.05) is 17.5 Å². The average molecular weight is 576 g/mol. The minimum absolute atomic E-state index is 0.629. The largest absolute Gasteiger partial charge is 0.490 e. The molecule has 2 aliphatic heterocycles. The van der Waals surface area contributed by atoms with Crippen LogP contribution in [0.25, 0.3) is 0 Å². The van der Waals surface area contributed by atoms with Crippen molar-refractivity contribution in [1.29, 1.82) is 0 Å². The van der Waals surface area contributed by atoms with Crippen molar-refractivity contribution < 1.29 is 46.1 Å². The highest BCUT2D eigenvalue weighted by atomic mass is 32.1. The third kappa shape index (κ3) is 11.0. The van der Waals surface area contributed by atoms with Gasteiger partial charge in [-0.25, -0.2) is 14.6 Å². The summed E-state index contributed by atoms with van der Waals surface area (Å²) >= 11 is 3.60. The van der Waals surface area contributed by atoms with Crippen LogP contribution in [-0.4, -0.2) is 75.5 Å². The molecule has 0 radical (unpaired) electrons. The Balaban J connectivity index is 0.000000286. The summed E-state index contributed by atoms with van der Waals surface area (Å²) in [4.78, 5) is 27.5. The molecule has 37 heavy (non-hydrogen) atoms. The highest BCUT2D eigenvalue weighted by molar-refractivity contribution is 7.09. The number of alkyl halides is 6. The summed E-state index contributed by atoms with van der Waals surface area (Å²) in [5.74, 6) is -5.51. The summed E-state index contributed by atoms with van der Waals surface area (Å²) in [5, 5.41) is 22.1. The van der Waals surface area contributed by atoms with Gasteiger partial charge in [-0.1, -0.05) is 0 Å². The van der Waals surface area contributed by atoms with E-state index in [-0.39, 0.29) is 0 Å². The molecule has 2 fully saturated rings. The Hall–Kier alpha value is -2.23. The number of hydrogen-bond donors (Lipinski definition) is 2. The number of nitrogens with zero attached hydrogens (tertiary/aromatic N) is 3. The lowest BCUT2D eigenvalue weighted by molar-refractivity contribution is -0.193. The van der Waals surface area contributed by atoms with Gasteiger partial charge in [-0.05, 0) is 79.7 Å². The number of halogens is 6. The maximum absolute atomic E-state index is 10.6. The fraction of sp³-hybridized carbons (Fsp3) is 0.591. The highest BCUT2D eigenvalue weighted by Gasteiger charge is 2.39. The molecule has 4 heterocycles. The molecule has 2 saturated heterocycles. The minimum Gasteiger partial charge on any atom is -0.475 e. The van der Waals surface area contributed by atoms with Gasteiger partial charge in [-0.2, -0.15) is 37.7 Å². The standard InChI is InChI=1S/C18H25N3S2.2C2HF3O2/c1-11-22-15-16(1)13-20-7-2-18(3-8-20)4-9-21(10-5-18)14-17-19-6-12-23-17;2*3-2(4,5)1(6)7/h1,6,11-12,15H,2-5,7-10,13-14H2;2*(H,6,7). The van der Waals surface area contributed by atoms with Gasteiger partial charge in [0, 0.05) is 18.1 Å². The summed E-state index contributed by atoms with van der Waals surface area (Å²) in [5.41, 5.74) is 2.12. The topological polar surface area (TPSA) is 94.0 Å². The second kappa shape index (κ2) is 13.5. The van der Waals surface area contributed by atoms with Gasteiger partial charge >= 0.3 is 24.3 Å². The molecule has 0 aliphatic carbocycles. The molecule has 0 atom stereocenters. The number of aliphatic carboxylic acids is 2. The number of thiophene rings is 1. The summed E-state index contributed by atoms with van der Waals surface area (Å²) in [6.07, 6.45) is -2.70. The van der Waals surface area contributed by atoms with Gasteiger partial charge in [-0.15, -0.1) is 11.3 Å². The van der Waals surface area contributed by atoms with Crippen molar-refractivity contribution in [2.75, 3.05) is 26.2 Å². The third-order valence-corrected chi connectivity index (χ3v) is 7.64. The van der Waals surface area contributed by atoms with Crippen LogP contribution in [0.15, 0.2) is 28.4 Å². The smallest absolute Gasteiger partial charge is 0.475 e. The molecule has 0 saturated carbocycles. The molecular formula is C22H27F6N3O4S2. The summed E-state index contributed by atoms with van der Waals surface area (Å²) in [6, 6.07) is 2.27. The Morgan fingerprint density at radius 3 is 1.68 bits per heavy atom. The van der Waals surface area contributed by atoms with Crippen molar-refractivity contribution in [2.45, 2.75) is 51.1 Å². The molecule has 2 aromatic rings. The number of carbonyl (C=O) groups is 2. The van der Waals surface area contributed by atoms with Crippen LogP contribution in [0.5, 0.6) is 0 Å². The van der Waals surface area contributed by atoms with E-state index in [2.05, 4.69) is 37.0 Å². The third-order valence-electron chi connectivity index (χ3n) is 6.15. The molecule has 0 amide bonds. The minimum atomic E-state index is -5.08. The van der Waals surface area contributed by atoms with E-state index in [0.29, 0.717) is 5.41 Å². The number of aromatic nitrogens is 1. The zero-order chi connectivity index (χ0) is 27.7. The van der Waals surface area contributed by atoms with E-state index >= 15 is 0 Å². The Kier molecular flexibility index (Phi) is 11.3. The SMILES string of the molecule is O=C(O)C(F)(F)F.O=C(O)C(F)(F)F.c1csc(CN2CCC3(CCN(Cc4ccsc4)CC3)CC2)n1. The second-order valence-electron chi connectivity index (χ2n) is 8.72. The van der Waals surface area contributed by atoms with Crippen LogP contribution >= 0.6 is 22.7 Å². The van der Waals surface area contributed by atoms with Crippen molar-refractivity contribution >= 4 is 34.6 Å². The van der Waals surface area contributed by atoms with Crippen molar-refractivity contribution in [1.82, 2.24) is 14.8 Å². The van der Waals surface area contributed by atoms with Crippen LogP contribution in [0.3, 0.4) is 0 Å². The van der Waals surface area contributed by atoms with Crippen molar-refractivity contribution in [3.05, 3.63) is 39.0 Å². The summed E-state index contributed by atoms with van der Waals surface area (Å²) in [7, 11) is 0. The van der Waals surface area contributed by atoms with E-state index in [1.54, 1.807) is 11.3 Å². The van der Waals surface area contributed by atoms with Gasteiger partial charge in [-0.3, -0.25) is 9.80 Å². The molecule has 7 nitrogen and oxygen atoms in total. The van der Waals surface area contributed by atoms with Gasteiger partial charge in [0.15, 0.2) is 0 Å². The average Bonchev–Trinajstić information content (AvgIpc) is 3.51. The number of rotatable bonds is 4. The number of thiazole rings is 1.